The van der Waals surface area contributed by atoms with Crippen LogP contribution in [0.2, 0.25) is 0 Å². The Labute approximate surface area is 176 Å². The van der Waals surface area contributed by atoms with Crippen LogP contribution in [-0.2, 0) is 4.79 Å². The lowest BCUT2D eigenvalue weighted by atomic mass is 9.86. The fourth-order valence-electron chi connectivity index (χ4n) is 4.24. The Hall–Kier alpha value is -3.08. The highest BCUT2D eigenvalue weighted by Crippen LogP contribution is 2.26. The number of nitrogens with one attached hydrogen (secondary N) is 1. The zero-order chi connectivity index (χ0) is 21.1. The van der Waals surface area contributed by atoms with E-state index >= 15 is 0 Å². The van der Waals surface area contributed by atoms with E-state index in [4.69, 9.17) is 9.15 Å². The number of amides is 1. The largest absolute Gasteiger partial charge is 0.484 e. The number of rotatable bonds is 5. The van der Waals surface area contributed by atoms with E-state index in [9.17, 15) is 9.59 Å². The van der Waals surface area contributed by atoms with Crippen molar-refractivity contribution < 1.29 is 13.9 Å². The average Bonchev–Trinajstić information content (AvgIpc) is 2.74. The summed E-state index contributed by atoms with van der Waals surface area (Å²) < 4.78 is 11.6. The van der Waals surface area contributed by atoms with Crippen LogP contribution in [-0.4, -0.2) is 18.6 Å². The Balaban J connectivity index is 1.50. The van der Waals surface area contributed by atoms with Crippen molar-refractivity contribution in [2.45, 2.75) is 45.6 Å². The molecule has 30 heavy (non-hydrogen) atoms. The number of aryl methyl sites for hydroxylation is 1. The number of fused-ring (bicyclic) bond motifs is 1. The van der Waals surface area contributed by atoms with Crippen molar-refractivity contribution in [1.82, 2.24) is 5.32 Å². The van der Waals surface area contributed by atoms with E-state index in [-0.39, 0.29) is 24.0 Å². The molecule has 5 nitrogen and oxygen atoms in total. The molecule has 4 rings (SSSR count). The summed E-state index contributed by atoms with van der Waals surface area (Å²) >= 11 is 0. The standard InChI is InChI=1S/C25H27NO4/c1-16-8-6-7-11-21(16)26-23(27)15-29-19-12-13-20-22(14-19)30-17(2)24(25(20)28)18-9-4-3-5-10-18/h3-5,9-10,12-14,16,21H,6-8,11,15H2,1-2H3,(H,26,27). The Kier molecular flexibility index (Phi) is 5.88. The molecule has 3 aromatic rings. The maximum absolute atomic E-state index is 13.0. The summed E-state index contributed by atoms with van der Waals surface area (Å²) in [4.78, 5) is 25.3. The summed E-state index contributed by atoms with van der Waals surface area (Å²) in [6.45, 7) is 3.91. The van der Waals surface area contributed by atoms with Crippen molar-refractivity contribution in [3.05, 3.63) is 64.5 Å². The molecule has 1 N–H and O–H groups in total. The maximum Gasteiger partial charge on any atom is 0.258 e. The van der Waals surface area contributed by atoms with E-state index in [2.05, 4.69) is 12.2 Å². The van der Waals surface area contributed by atoms with Gasteiger partial charge in [0.1, 0.15) is 17.1 Å². The van der Waals surface area contributed by atoms with E-state index < -0.39 is 0 Å². The van der Waals surface area contributed by atoms with E-state index in [0.717, 1.165) is 24.8 Å². The topological polar surface area (TPSA) is 68.5 Å². The average molecular weight is 405 g/mol. The number of carbonyl (C=O) groups is 1. The van der Waals surface area contributed by atoms with E-state index in [1.165, 1.54) is 6.42 Å². The van der Waals surface area contributed by atoms with Gasteiger partial charge in [0.05, 0.1) is 10.9 Å². The Morgan fingerprint density at radius 2 is 1.90 bits per heavy atom. The fourth-order valence-corrected chi connectivity index (χ4v) is 4.24. The first kappa shape index (κ1) is 20.2. The quantitative estimate of drug-likeness (QED) is 0.659. The maximum atomic E-state index is 13.0. The van der Waals surface area contributed by atoms with Crippen LogP contribution >= 0.6 is 0 Å². The fraction of sp³-hybridized carbons (Fsp3) is 0.360. The van der Waals surface area contributed by atoms with Gasteiger partial charge in [0.15, 0.2) is 6.61 Å². The predicted molar refractivity (Wildman–Crippen MR) is 118 cm³/mol. The molecule has 5 heteroatoms. The molecule has 1 amide bonds. The molecule has 1 heterocycles. The highest BCUT2D eigenvalue weighted by atomic mass is 16.5. The van der Waals surface area contributed by atoms with E-state index in [1.54, 1.807) is 25.1 Å². The normalized spacial score (nSPS) is 18.9. The minimum atomic E-state index is -0.120. The van der Waals surface area contributed by atoms with Gasteiger partial charge in [-0.25, -0.2) is 0 Å². The zero-order valence-electron chi connectivity index (χ0n) is 17.4. The monoisotopic (exact) mass is 405 g/mol. The number of ether oxygens (including phenoxy) is 1. The number of carbonyl (C=O) groups excluding carboxylic acids is 1. The highest BCUT2D eigenvalue weighted by Gasteiger charge is 2.23. The van der Waals surface area contributed by atoms with Crippen molar-refractivity contribution in [2.24, 2.45) is 5.92 Å². The molecule has 1 aliphatic carbocycles. The second kappa shape index (κ2) is 8.74. The molecule has 2 unspecified atom stereocenters. The van der Waals surface area contributed by atoms with Gasteiger partial charge < -0.3 is 14.5 Å². The first-order valence-electron chi connectivity index (χ1n) is 10.6. The molecule has 1 fully saturated rings. The van der Waals surface area contributed by atoms with Crippen LogP contribution in [0.4, 0.5) is 0 Å². The van der Waals surface area contributed by atoms with Gasteiger partial charge in [-0.3, -0.25) is 9.59 Å². The third kappa shape index (κ3) is 4.25. The van der Waals surface area contributed by atoms with Crippen LogP contribution in [0, 0.1) is 12.8 Å². The molecular formula is C25H27NO4. The summed E-state index contributed by atoms with van der Waals surface area (Å²) in [5.41, 5.74) is 1.78. The summed E-state index contributed by atoms with van der Waals surface area (Å²) in [5, 5.41) is 3.58. The first-order chi connectivity index (χ1) is 14.5. The lowest BCUT2D eigenvalue weighted by molar-refractivity contribution is -0.124. The molecule has 0 spiro atoms. The van der Waals surface area contributed by atoms with Crippen LogP contribution in [0.3, 0.4) is 0 Å². The van der Waals surface area contributed by atoms with Gasteiger partial charge in [-0.1, -0.05) is 50.1 Å². The van der Waals surface area contributed by atoms with Crippen LogP contribution < -0.4 is 15.5 Å². The molecule has 1 saturated carbocycles. The Bertz CT molecular complexity index is 1100. The van der Waals surface area contributed by atoms with E-state index in [0.29, 0.717) is 34.0 Å². The van der Waals surface area contributed by atoms with Crippen molar-refractivity contribution in [3.8, 4) is 16.9 Å². The molecule has 2 aromatic carbocycles. The van der Waals surface area contributed by atoms with Gasteiger partial charge >= 0.3 is 0 Å². The van der Waals surface area contributed by atoms with Crippen molar-refractivity contribution >= 4 is 16.9 Å². The molecule has 2 atom stereocenters. The van der Waals surface area contributed by atoms with Gasteiger partial charge in [0.2, 0.25) is 5.43 Å². The minimum absolute atomic E-state index is 0.0555. The summed E-state index contributed by atoms with van der Waals surface area (Å²) in [6, 6.07) is 14.8. The van der Waals surface area contributed by atoms with Crippen molar-refractivity contribution in [2.75, 3.05) is 6.61 Å². The summed E-state index contributed by atoms with van der Waals surface area (Å²) in [5.74, 6) is 1.44. The molecule has 156 valence electrons. The second-order valence-corrected chi connectivity index (χ2v) is 8.11. The van der Waals surface area contributed by atoms with Crippen LogP contribution in [0.15, 0.2) is 57.7 Å². The van der Waals surface area contributed by atoms with Crippen molar-refractivity contribution in [1.29, 1.82) is 0 Å². The van der Waals surface area contributed by atoms with Crippen LogP contribution in [0.25, 0.3) is 22.1 Å². The molecule has 1 aromatic heterocycles. The molecular weight excluding hydrogens is 378 g/mol. The minimum Gasteiger partial charge on any atom is -0.484 e. The summed E-state index contributed by atoms with van der Waals surface area (Å²) in [6.07, 6.45) is 4.57. The van der Waals surface area contributed by atoms with E-state index in [1.807, 2.05) is 30.3 Å². The van der Waals surface area contributed by atoms with Crippen LogP contribution in [0.1, 0.15) is 38.4 Å². The molecule has 0 aliphatic heterocycles. The molecule has 1 aliphatic rings. The SMILES string of the molecule is Cc1oc2cc(OCC(=O)NC3CCCCC3C)ccc2c(=O)c1-c1ccccc1. The number of hydrogen-bond acceptors (Lipinski definition) is 4. The molecule has 0 saturated heterocycles. The van der Waals surface area contributed by atoms with Gasteiger partial charge in [-0.05, 0) is 43.4 Å². The lowest BCUT2D eigenvalue weighted by Crippen LogP contribution is -2.43. The van der Waals surface area contributed by atoms with Crippen LogP contribution in [0.5, 0.6) is 5.75 Å². The lowest BCUT2D eigenvalue weighted by Gasteiger charge is -2.29. The van der Waals surface area contributed by atoms with Gasteiger partial charge in [0, 0.05) is 12.1 Å². The third-order valence-electron chi connectivity index (χ3n) is 5.93. The highest BCUT2D eigenvalue weighted by molar-refractivity contribution is 5.84. The smallest absolute Gasteiger partial charge is 0.258 e. The van der Waals surface area contributed by atoms with Gasteiger partial charge in [-0.15, -0.1) is 0 Å². The van der Waals surface area contributed by atoms with Gasteiger partial charge in [-0.2, -0.15) is 0 Å². The second-order valence-electron chi connectivity index (χ2n) is 8.11. The zero-order valence-corrected chi connectivity index (χ0v) is 17.4. The van der Waals surface area contributed by atoms with Gasteiger partial charge in [0.25, 0.3) is 5.91 Å². The number of benzene rings is 2. The predicted octanol–water partition coefficient (Wildman–Crippen LogP) is 4.84. The summed E-state index contributed by atoms with van der Waals surface area (Å²) in [7, 11) is 0. The first-order valence-corrected chi connectivity index (χ1v) is 10.6. The Morgan fingerprint density at radius 1 is 1.13 bits per heavy atom. The number of hydrogen-bond donors (Lipinski definition) is 1. The Morgan fingerprint density at radius 3 is 2.67 bits per heavy atom. The molecule has 0 bridgehead atoms. The third-order valence-corrected chi connectivity index (χ3v) is 5.93. The molecule has 0 radical (unpaired) electrons. The van der Waals surface area contributed by atoms with Crippen molar-refractivity contribution in [3.63, 3.8) is 0 Å².